The van der Waals surface area contributed by atoms with E-state index < -0.39 is 0 Å². The summed E-state index contributed by atoms with van der Waals surface area (Å²) < 4.78 is 0. The van der Waals surface area contributed by atoms with Gasteiger partial charge in [-0.05, 0) is 25.0 Å². The standard InChI is InChI=1S/C17H25N3O2/c1-19-12-7-2-3-8-13-20(14-11-16(19)21)17(22)18-15-9-5-4-6-10-15/h4-6,9-10H,2-3,7-8,11-14H2,1H3,(H,18,22). The van der Waals surface area contributed by atoms with Gasteiger partial charge >= 0.3 is 6.03 Å². The van der Waals surface area contributed by atoms with Crippen LogP contribution in [0.2, 0.25) is 0 Å². The summed E-state index contributed by atoms with van der Waals surface area (Å²) in [7, 11) is 1.84. The number of amides is 3. The molecule has 1 aromatic rings. The molecule has 1 aromatic carbocycles. The average molecular weight is 303 g/mol. The first-order chi connectivity index (χ1) is 10.7. The highest BCUT2D eigenvalue weighted by molar-refractivity contribution is 5.89. The van der Waals surface area contributed by atoms with Crippen molar-refractivity contribution in [1.82, 2.24) is 9.80 Å². The van der Waals surface area contributed by atoms with E-state index in [-0.39, 0.29) is 11.9 Å². The van der Waals surface area contributed by atoms with Gasteiger partial charge in [0, 0.05) is 38.8 Å². The fraction of sp³-hybridized carbons (Fsp3) is 0.529. The minimum Gasteiger partial charge on any atom is -0.346 e. The highest BCUT2D eigenvalue weighted by Gasteiger charge is 2.17. The molecule has 5 heteroatoms. The van der Waals surface area contributed by atoms with Crippen LogP contribution in [0.5, 0.6) is 0 Å². The number of benzene rings is 1. The smallest absolute Gasteiger partial charge is 0.321 e. The molecule has 3 amide bonds. The lowest BCUT2D eigenvalue weighted by Crippen LogP contribution is -2.38. The van der Waals surface area contributed by atoms with Crippen LogP contribution in [0, 0.1) is 0 Å². The van der Waals surface area contributed by atoms with Gasteiger partial charge in [0.25, 0.3) is 0 Å². The van der Waals surface area contributed by atoms with Gasteiger partial charge in [-0.1, -0.05) is 31.0 Å². The van der Waals surface area contributed by atoms with Crippen LogP contribution in [0.15, 0.2) is 30.3 Å². The average Bonchev–Trinajstić information content (AvgIpc) is 2.56. The Hall–Kier alpha value is -2.04. The van der Waals surface area contributed by atoms with Crippen LogP contribution in [0.25, 0.3) is 0 Å². The van der Waals surface area contributed by atoms with Crippen molar-refractivity contribution < 1.29 is 9.59 Å². The van der Waals surface area contributed by atoms with Crippen LogP contribution in [0.3, 0.4) is 0 Å². The van der Waals surface area contributed by atoms with E-state index in [2.05, 4.69) is 5.32 Å². The van der Waals surface area contributed by atoms with Gasteiger partial charge in [-0.3, -0.25) is 4.79 Å². The Kier molecular flexibility index (Phi) is 6.25. The molecule has 0 aromatic heterocycles. The predicted molar refractivity (Wildman–Crippen MR) is 87.8 cm³/mol. The molecular formula is C17H25N3O2. The summed E-state index contributed by atoms with van der Waals surface area (Å²) in [4.78, 5) is 28.0. The summed E-state index contributed by atoms with van der Waals surface area (Å²) in [5, 5.41) is 2.90. The van der Waals surface area contributed by atoms with Gasteiger partial charge in [-0.2, -0.15) is 0 Å². The van der Waals surface area contributed by atoms with Crippen molar-refractivity contribution in [1.29, 1.82) is 0 Å². The normalized spacial score (nSPS) is 17.8. The molecule has 120 valence electrons. The third kappa shape index (κ3) is 5.06. The zero-order valence-corrected chi connectivity index (χ0v) is 13.3. The molecule has 1 fully saturated rings. The lowest BCUT2D eigenvalue weighted by molar-refractivity contribution is -0.130. The molecule has 1 N–H and O–H groups in total. The first-order valence-corrected chi connectivity index (χ1v) is 8.02. The molecule has 5 nitrogen and oxygen atoms in total. The van der Waals surface area contributed by atoms with Crippen molar-refractivity contribution in [3.8, 4) is 0 Å². The molecule has 0 radical (unpaired) electrons. The third-order valence-electron chi connectivity index (χ3n) is 4.01. The second-order valence-corrected chi connectivity index (χ2v) is 5.76. The van der Waals surface area contributed by atoms with E-state index >= 15 is 0 Å². The number of carbonyl (C=O) groups excluding carboxylic acids is 2. The maximum atomic E-state index is 12.4. The fourth-order valence-electron chi connectivity index (χ4n) is 2.59. The van der Waals surface area contributed by atoms with Gasteiger partial charge in [0.15, 0.2) is 0 Å². The number of anilines is 1. The highest BCUT2D eigenvalue weighted by Crippen LogP contribution is 2.10. The molecule has 0 atom stereocenters. The summed E-state index contributed by atoms with van der Waals surface area (Å²) in [6.45, 7) is 1.99. The third-order valence-corrected chi connectivity index (χ3v) is 4.01. The molecule has 1 heterocycles. The lowest BCUT2D eigenvalue weighted by atomic mass is 10.2. The molecule has 0 spiro atoms. The zero-order valence-electron chi connectivity index (χ0n) is 13.3. The molecule has 0 bridgehead atoms. The largest absolute Gasteiger partial charge is 0.346 e. The van der Waals surface area contributed by atoms with Crippen LogP contribution >= 0.6 is 0 Å². The van der Waals surface area contributed by atoms with E-state index in [1.807, 2.05) is 37.4 Å². The summed E-state index contributed by atoms with van der Waals surface area (Å²) in [6.07, 6.45) is 4.61. The number of hydrogen-bond acceptors (Lipinski definition) is 2. The number of para-hydroxylation sites is 1. The Labute approximate surface area is 132 Å². The molecule has 0 aliphatic carbocycles. The molecule has 1 aliphatic rings. The number of urea groups is 1. The van der Waals surface area contributed by atoms with Crippen molar-refractivity contribution in [2.45, 2.75) is 32.1 Å². The van der Waals surface area contributed by atoms with E-state index in [0.29, 0.717) is 19.5 Å². The van der Waals surface area contributed by atoms with Crippen molar-refractivity contribution in [2.24, 2.45) is 0 Å². The minimum atomic E-state index is -0.124. The number of carbonyl (C=O) groups is 2. The van der Waals surface area contributed by atoms with Gasteiger partial charge < -0.3 is 15.1 Å². The number of nitrogens with one attached hydrogen (secondary N) is 1. The second-order valence-electron chi connectivity index (χ2n) is 5.76. The van der Waals surface area contributed by atoms with Crippen LogP contribution in [-0.4, -0.2) is 48.4 Å². The van der Waals surface area contributed by atoms with Crippen molar-refractivity contribution >= 4 is 17.6 Å². The zero-order chi connectivity index (χ0) is 15.8. The molecule has 1 saturated heterocycles. The number of hydrogen-bond donors (Lipinski definition) is 1. The van der Waals surface area contributed by atoms with Crippen molar-refractivity contribution in [3.63, 3.8) is 0 Å². The first kappa shape index (κ1) is 16.3. The van der Waals surface area contributed by atoms with Crippen LogP contribution in [-0.2, 0) is 4.79 Å². The summed E-state index contributed by atoms with van der Waals surface area (Å²) in [6, 6.07) is 9.30. The second kappa shape index (κ2) is 8.41. The van der Waals surface area contributed by atoms with E-state index in [1.54, 1.807) is 9.80 Å². The lowest BCUT2D eigenvalue weighted by Gasteiger charge is -2.23. The number of rotatable bonds is 1. The maximum absolute atomic E-state index is 12.4. The van der Waals surface area contributed by atoms with Gasteiger partial charge in [-0.15, -0.1) is 0 Å². The Morgan fingerprint density at radius 1 is 1.00 bits per heavy atom. The number of nitrogens with zero attached hydrogens (tertiary/aromatic N) is 2. The van der Waals surface area contributed by atoms with E-state index in [9.17, 15) is 9.59 Å². The van der Waals surface area contributed by atoms with Crippen LogP contribution in [0.1, 0.15) is 32.1 Å². The highest BCUT2D eigenvalue weighted by atomic mass is 16.2. The van der Waals surface area contributed by atoms with Gasteiger partial charge in [-0.25, -0.2) is 4.79 Å². The quantitative estimate of drug-likeness (QED) is 0.867. The summed E-state index contributed by atoms with van der Waals surface area (Å²) in [5.74, 6) is 0.111. The summed E-state index contributed by atoms with van der Waals surface area (Å²) in [5.41, 5.74) is 0.783. The Morgan fingerprint density at radius 2 is 1.68 bits per heavy atom. The van der Waals surface area contributed by atoms with Crippen LogP contribution in [0.4, 0.5) is 10.5 Å². The molecular weight excluding hydrogens is 278 g/mol. The molecule has 0 unspecified atom stereocenters. The first-order valence-electron chi connectivity index (χ1n) is 8.02. The fourth-order valence-corrected chi connectivity index (χ4v) is 2.59. The van der Waals surface area contributed by atoms with Crippen LogP contribution < -0.4 is 5.32 Å². The Balaban J connectivity index is 1.96. The molecule has 2 rings (SSSR count). The Bertz CT molecular complexity index is 490. The van der Waals surface area contributed by atoms with Gasteiger partial charge in [0.2, 0.25) is 5.91 Å². The van der Waals surface area contributed by atoms with E-state index in [4.69, 9.17) is 0 Å². The van der Waals surface area contributed by atoms with E-state index in [0.717, 1.165) is 37.9 Å². The summed E-state index contributed by atoms with van der Waals surface area (Å²) >= 11 is 0. The monoisotopic (exact) mass is 303 g/mol. The van der Waals surface area contributed by atoms with E-state index in [1.165, 1.54) is 0 Å². The maximum Gasteiger partial charge on any atom is 0.321 e. The SMILES string of the molecule is CN1CCCCCCN(C(=O)Nc2ccccc2)CCC1=O. The minimum absolute atomic E-state index is 0.111. The molecule has 1 aliphatic heterocycles. The van der Waals surface area contributed by atoms with Gasteiger partial charge in [0.05, 0.1) is 0 Å². The topological polar surface area (TPSA) is 52.6 Å². The Morgan fingerprint density at radius 3 is 2.41 bits per heavy atom. The van der Waals surface area contributed by atoms with Gasteiger partial charge in [0.1, 0.15) is 0 Å². The van der Waals surface area contributed by atoms with Crippen molar-refractivity contribution in [2.75, 3.05) is 32.0 Å². The predicted octanol–water partition coefficient (Wildman–Crippen LogP) is 2.94. The molecule has 22 heavy (non-hydrogen) atoms. The molecule has 0 saturated carbocycles. The van der Waals surface area contributed by atoms with Crippen molar-refractivity contribution in [3.05, 3.63) is 30.3 Å².